The third-order valence-electron chi connectivity index (χ3n) is 5.85. The normalized spacial score (nSPS) is 13.9. The zero-order valence-electron chi connectivity index (χ0n) is 21.7. The number of anilines is 3. The number of piperazine rings is 1. The quantitative estimate of drug-likeness (QED) is 0.531. The van der Waals surface area contributed by atoms with Crippen molar-refractivity contribution in [3.63, 3.8) is 0 Å². The average Bonchev–Trinajstić information content (AvgIpc) is 2.87. The summed E-state index contributed by atoms with van der Waals surface area (Å²) in [7, 11) is 3.13. The second-order valence-electron chi connectivity index (χ2n) is 9.62. The molecule has 2 aromatic carbocycles. The van der Waals surface area contributed by atoms with Crippen LogP contribution >= 0.6 is 0 Å². The Morgan fingerprint density at radius 2 is 1.57 bits per heavy atom. The van der Waals surface area contributed by atoms with Gasteiger partial charge in [0.1, 0.15) is 11.4 Å². The Morgan fingerprint density at radius 1 is 0.946 bits per heavy atom. The number of carbonyl (C=O) groups excluding carboxylic acids is 2. The van der Waals surface area contributed by atoms with Gasteiger partial charge in [-0.1, -0.05) is 0 Å². The summed E-state index contributed by atoms with van der Waals surface area (Å²) < 4.78 is 16.0. The summed E-state index contributed by atoms with van der Waals surface area (Å²) in [4.78, 5) is 37.9. The van der Waals surface area contributed by atoms with Crippen LogP contribution in [0.2, 0.25) is 0 Å². The summed E-state index contributed by atoms with van der Waals surface area (Å²) in [5.41, 5.74) is 7.38. The Balaban J connectivity index is 1.40. The lowest BCUT2D eigenvalue weighted by atomic mass is 10.1. The first-order valence-corrected chi connectivity index (χ1v) is 11.9. The zero-order chi connectivity index (χ0) is 26.7. The fraction of sp³-hybridized carbons (Fsp3) is 0.385. The van der Waals surface area contributed by atoms with Crippen LogP contribution in [-0.2, 0) is 4.74 Å². The lowest BCUT2D eigenvalue weighted by Gasteiger charge is -2.35. The number of hydrogen-bond donors (Lipinski definition) is 2. The average molecular weight is 509 g/mol. The van der Waals surface area contributed by atoms with Gasteiger partial charge < -0.3 is 29.7 Å². The number of nitrogens with two attached hydrogens (primary N) is 1. The minimum absolute atomic E-state index is 0.0840. The molecule has 4 rings (SSSR count). The van der Waals surface area contributed by atoms with Crippen LogP contribution in [-0.4, -0.2) is 72.9 Å². The van der Waals surface area contributed by atoms with Gasteiger partial charge in [0.05, 0.1) is 19.7 Å². The number of methoxy groups -OCH3 is 2. The molecule has 2 heterocycles. The molecule has 196 valence electrons. The van der Waals surface area contributed by atoms with E-state index in [1.165, 1.54) is 0 Å². The number of rotatable bonds is 5. The van der Waals surface area contributed by atoms with Crippen LogP contribution in [0.15, 0.2) is 36.4 Å². The molecular weight excluding hydrogens is 476 g/mol. The van der Waals surface area contributed by atoms with Crippen LogP contribution in [0.3, 0.4) is 0 Å². The molecule has 1 aliphatic heterocycles. The van der Waals surface area contributed by atoms with Crippen molar-refractivity contribution in [3.05, 3.63) is 42.0 Å². The van der Waals surface area contributed by atoms with E-state index in [0.717, 1.165) is 0 Å². The molecular formula is C26H32N6O5. The molecule has 0 unspecified atom stereocenters. The highest BCUT2D eigenvalue weighted by Crippen LogP contribution is 2.34. The first kappa shape index (κ1) is 25.8. The predicted molar refractivity (Wildman–Crippen MR) is 141 cm³/mol. The van der Waals surface area contributed by atoms with Gasteiger partial charge in [0.25, 0.3) is 5.91 Å². The predicted octanol–water partition coefficient (Wildman–Crippen LogP) is 3.54. The second kappa shape index (κ2) is 10.4. The van der Waals surface area contributed by atoms with E-state index < -0.39 is 11.7 Å². The van der Waals surface area contributed by atoms with E-state index in [4.69, 9.17) is 19.9 Å². The summed E-state index contributed by atoms with van der Waals surface area (Å²) in [6, 6.07) is 10.3. The SMILES string of the molecule is COc1cc2nc(N3CCN(C(=O)c4ccc(NC(=O)OC(C)(C)C)cc4)CC3)nc(N)c2cc1OC. The van der Waals surface area contributed by atoms with Gasteiger partial charge >= 0.3 is 6.09 Å². The van der Waals surface area contributed by atoms with Crippen molar-refractivity contribution < 1.29 is 23.8 Å². The number of fused-ring (bicyclic) bond motifs is 1. The van der Waals surface area contributed by atoms with Crippen molar-refractivity contribution in [2.75, 3.05) is 56.3 Å². The van der Waals surface area contributed by atoms with Gasteiger partial charge in [-0.3, -0.25) is 10.1 Å². The topological polar surface area (TPSA) is 132 Å². The van der Waals surface area contributed by atoms with Crippen LogP contribution in [0.4, 0.5) is 22.2 Å². The van der Waals surface area contributed by atoms with E-state index in [0.29, 0.717) is 71.6 Å². The van der Waals surface area contributed by atoms with Crippen molar-refractivity contribution in [3.8, 4) is 11.5 Å². The number of nitrogens with zero attached hydrogens (tertiary/aromatic N) is 4. The lowest BCUT2D eigenvalue weighted by molar-refractivity contribution is 0.0635. The largest absolute Gasteiger partial charge is 0.493 e. The van der Waals surface area contributed by atoms with Gasteiger partial charge in [-0.05, 0) is 51.1 Å². The van der Waals surface area contributed by atoms with Gasteiger partial charge in [0.2, 0.25) is 5.95 Å². The molecule has 1 aromatic heterocycles. The molecule has 0 spiro atoms. The van der Waals surface area contributed by atoms with E-state index >= 15 is 0 Å². The van der Waals surface area contributed by atoms with Crippen LogP contribution in [0.25, 0.3) is 10.9 Å². The zero-order valence-corrected chi connectivity index (χ0v) is 21.7. The maximum atomic E-state index is 13.0. The molecule has 11 heteroatoms. The van der Waals surface area contributed by atoms with Crippen molar-refractivity contribution in [1.29, 1.82) is 0 Å². The number of ether oxygens (including phenoxy) is 3. The van der Waals surface area contributed by atoms with E-state index in [9.17, 15) is 9.59 Å². The van der Waals surface area contributed by atoms with Crippen molar-refractivity contribution in [1.82, 2.24) is 14.9 Å². The van der Waals surface area contributed by atoms with E-state index in [2.05, 4.69) is 15.3 Å². The molecule has 3 aromatic rings. The summed E-state index contributed by atoms with van der Waals surface area (Å²) in [5.74, 6) is 1.88. The minimum atomic E-state index is -0.591. The minimum Gasteiger partial charge on any atom is -0.493 e. The number of hydrogen-bond acceptors (Lipinski definition) is 9. The molecule has 0 aliphatic carbocycles. The molecule has 0 atom stereocenters. The summed E-state index contributed by atoms with van der Waals surface area (Å²) in [6.07, 6.45) is -0.545. The van der Waals surface area contributed by atoms with Gasteiger partial charge in [0.15, 0.2) is 11.5 Å². The van der Waals surface area contributed by atoms with E-state index in [1.54, 1.807) is 76.3 Å². The number of benzene rings is 2. The third-order valence-corrected chi connectivity index (χ3v) is 5.85. The summed E-state index contributed by atoms with van der Waals surface area (Å²) >= 11 is 0. The Labute approximate surface area is 215 Å². The van der Waals surface area contributed by atoms with E-state index in [1.807, 2.05) is 4.90 Å². The number of aromatic nitrogens is 2. The highest BCUT2D eigenvalue weighted by atomic mass is 16.6. The molecule has 3 N–H and O–H groups in total. The number of nitrogens with one attached hydrogen (secondary N) is 1. The first-order valence-electron chi connectivity index (χ1n) is 11.9. The molecule has 0 bridgehead atoms. The number of amides is 2. The van der Waals surface area contributed by atoms with Crippen molar-refractivity contribution in [2.24, 2.45) is 0 Å². The standard InChI is InChI=1S/C26H32N6O5/c1-26(2,3)37-25(34)28-17-8-6-16(7-9-17)23(33)31-10-12-32(13-11-31)24-29-19-15-21(36-5)20(35-4)14-18(19)22(27)30-24/h6-9,14-15H,10-13H2,1-5H3,(H,28,34)(H2,27,29,30). The Hall–Kier alpha value is -4.28. The van der Waals surface area contributed by atoms with Crippen LogP contribution in [0, 0.1) is 0 Å². The van der Waals surface area contributed by atoms with Gasteiger partial charge in [0, 0.05) is 48.9 Å². The maximum Gasteiger partial charge on any atom is 0.412 e. The molecule has 2 amide bonds. The highest BCUT2D eigenvalue weighted by molar-refractivity contribution is 5.95. The van der Waals surface area contributed by atoms with Crippen LogP contribution in [0.1, 0.15) is 31.1 Å². The van der Waals surface area contributed by atoms with Crippen molar-refractivity contribution >= 4 is 40.4 Å². The van der Waals surface area contributed by atoms with Gasteiger partial charge in [-0.25, -0.2) is 9.78 Å². The smallest absolute Gasteiger partial charge is 0.412 e. The summed E-state index contributed by atoms with van der Waals surface area (Å²) in [5, 5.41) is 3.35. The third kappa shape index (κ3) is 5.93. The number of nitrogen functional groups attached to an aromatic ring is 1. The molecule has 0 radical (unpaired) electrons. The molecule has 0 saturated carbocycles. The van der Waals surface area contributed by atoms with Crippen LogP contribution < -0.4 is 25.4 Å². The summed E-state index contributed by atoms with van der Waals surface area (Å²) in [6.45, 7) is 7.51. The van der Waals surface area contributed by atoms with Gasteiger partial charge in [-0.15, -0.1) is 0 Å². The van der Waals surface area contributed by atoms with Crippen LogP contribution in [0.5, 0.6) is 11.5 Å². The second-order valence-corrected chi connectivity index (χ2v) is 9.62. The monoisotopic (exact) mass is 508 g/mol. The Morgan fingerprint density at radius 3 is 2.16 bits per heavy atom. The molecule has 1 fully saturated rings. The molecule has 11 nitrogen and oxygen atoms in total. The molecule has 1 aliphatic rings. The Kier molecular flexibility index (Phi) is 7.23. The fourth-order valence-corrected chi connectivity index (χ4v) is 4.02. The maximum absolute atomic E-state index is 13.0. The van der Waals surface area contributed by atoms with Gasteiger partial charge in [-0.2, -0.15) is 4.98 Å². The number of carbonyl (C=O) groups is 2. The lowest BCUT2D eigenvalue weighted by Crippen LogP contribution is -2.49. The van der Waals surface area contributed by atoms with Crippen molar-refractivity contribution in [2.45, 2.75) is 26.4 Å². The Bertz CT molecular complexity index is 1300. The molecule has 37 heavy (non-hydrogen) atoms. The first-order chi connectivity index (χ1) is 17.6. The highest BCUT2D eigenvalue weighted by Gasteiger charge is 2.25. The molecule has 1 saturated heterocycles. The fourth-order valence-electron chi connectivity index (χ4n) is 4.02. The van der Waals surface area contributed by atoms with E-state index in [-0.39, 0.29) is 5.91 Å².